The van der Waals surface area contributed by atoms with Gasteiger partial charge in [-0.05, 0) is 0 Å². The number of hydrogen-bond acceptors (Lipinski definition) is 12. The van der Waals surface area contributed by atoms with Crippen LogP contribution in [0, 0.1) is 142 Å². The van der Waals surface area contributed by atoms with E-state index in [0.29, 0.717) is 0 Å². The van der Waals surface area contributed by atoms with Crippen LogP contribution in [0.4, 0.5) is 0 Å². The third-order valence-electron chi connectivity index (χ3n) is 0. The molecule has 0 saturated carbocycles. The van der Waals surface area contributed by atoms with Crippen LogP contribution in [0.25, 0.3) is 0 Å². The largest absolute Gasteiger partial charge is 3.00 e. The molecule has 0 aliphatic rings. The van der Waals surface area contributed by atoms with Gasteiger partial charge in [-0.25, -0.2) is 0 Å². The van der Waals surface area contributed by atoms with Crippen molar-refractivity contribution in [2.45, 2.75) is 0 Å². The van der Waals surface area contributed by atoms with Gasteiger partial charge in [-0.15, -0.1) is 0 Å². The maximum absolute atomic E-state index is 6.25. The summed E-state index contributed by atoms with van der Waals surface area (Å²) in [6.07, 6.45) is 0. The van der Waals surface area contributed by atoms with Gasteiger partial charge in [-0.1, -0.05) is 0 Å². The number of rotatable bonds is 0. The van der Waals surface area contributed by atoms with Crippen LogP contribution in [0.1, 0.15) is 0 Å². The zero-order chi connectivity index (χ0) is 24.0. The van der Waals surface area contributed by atoms with Gasteiger partial charge in [0.2, 0.25) is 0 Å². The first-order valence-corrected chi connectivity index (χ1v) is 2.68. The fourth-order valence-electron chi connectivity index (χ4n) is 0. The van der Waals surface area contributed by atoms with Crippen LogP contribution in [0.2, 0.25) is 0 Å². The molecule has 0 amide bonds. The smallest absolute Gasteiger partial charge is 0.512 e. The predicted molar refractivity (Wildman–Crippen MR) is 59.6 cm³/mol. The van der Waals surface area contributed by atoms with Gasteiger partial charge in [-0.2, -0.15) is 0 Å². The summed E-state index contributed by atoms with van der Waals surface area (Å²) in [6.45, 7) is 57.0. The first-order chi connectivity index (χ1) is 12.0. The third-order valence-corrected chi connectivity index (χ3v) is 0. The molecule has 0 fully saturated rings. The minimum absolute atomic E-state index is 0. The Balaban J connectivity index is -0.00000000396. The van der Waals surface area contributed by atoms with Crippen LogP contribution in [-0.2, 0) is 34.1 Å². The molecule has 0 aromatic rings. The summed E-state index contributed by atoms with van der Waals surface area (Å²) in [5.74, 6) is 0. The summed E-state index contributed by atoms with van der Waals surface area (Å²) >= 11 is 0. The van der Waals surface area contributed by atoms with Gasteiger partial charge in [0.15, 0.2) is 0 Å². The minimum atomic E-state index is 0. The second-order valence-corrected chi connectivity index (χ2v) is 0. The second-order valence-electron chi connectivity index (χ2n) is 0. The third kappa shape index (κ3) is 3980. The monoisotopic (exact) mass is 502 g/mol. The summed E-state index contributed by atoms with van der Waals surface area (Å²) in [4.78, 5) is 0. The Morgan fingerprint density at radius 1 is 0.214 bits per heavy atom. The van der Waals surface area contributed by atoms with E-state index < -0.39 is 0 Å². The van der Waals surface area contributed by atoms with Crippen molar-refractivity contribution in [2.75, 3.05) is 0 Å². The molecule has 0 atom stereocenters. The molecule has 0 saturated heterocycles. The van der Waals surface area contributed by atoms with E-state index in [-0.39, 0.29) is 137 Å². The van der Waals surface area contributed by atoms with Crippen molar-refractivity contribution >= 4 is 0 Å². The normalized spacial score (nSPS) is 0.857. The van der Waals surface area contributed by atoms with Crippen molar-refractivity contribution in [1.82, 2.24) is 0 Å². The van der Waals surface area contributed by atoms with Crippen molar-refractivity contribution in [3.05, 3.63) is 78.9 Å². The van der Waals surface area contributed by atoms with Gasteiger partial charge in [0, 0.05) is 0 Å². The molecule has 0 unspecified atom stereocenters. The summed E-state index contributed by atoms with van der Waals surface area (Å²) in [6, 6.07) is 0. The van der Waals surface area contributed by atoms with Crippen molar-refractivity contribution in [2.24, 2.45) is 0 Å². The van der Waals surface area contributed by atoms with E-state index in [1.165, 1.54) is 0 Å². The standard InChI is InChI=1S/12CN.2Fe.2K/c12*1-2;;;;/q12*-1;+2;+3;2*+1. The zero-order valence-corrected chi connectivity index (χ0v) is 22.5. The van der Waals surface area contributed by atoms with Gasteiger partial charge in [0.05, 0.1) is 0 Å². The maximum Gasteiger partial charge on any atom is 3.00 e. The van der Waals surface area contributed by atoms with Crippen LogP contribution < -0.4 is 103 Å². The summed E-state index contributed by atoms with van der Waals surface area (Å²) in [7, 11) is 0. The molecule has 0 aromatic heterocycles. The summed E-state index contributed by atoms with van der Waals surface area (Å²) < 4.78 is 0. The van der Waals surface area contributed by atoms with Gasteiger partial charge in [0.1, 0.15) is 0 Å². The molecular formula is C12Fe2K2N12-5. The molecule has 1 radical (unpaired) electrons. The van der Waals surface area contributed by atoms with Crippen LogP contribution >= 0.6 is 0 Å². The second kappa shape index (κ2) is 4510. The molecule has 0 N–H and O–H groups in total. The van der Waals surface area contributed by atoms with Crippen molar-refractivity contribution in [3.63, 3.8) is 0 Å². The fourth-order valence-corrected chi connectivity index (χ4v) is 0. The Bertz CT molecular complexity index is 231. The number of hydrogen-bond donors (Lipinski definition) is 0. The zero-order valence-electron chi connectivity index (χ0n) is 14.1. The van der Waals surface area contributed by atoms with Crippen LogP contribution in [0.5, 0.6) is 0 Å². The predicted octanol–water partition coefficient (Wildman–Crippen LogP) is -4.84. The minimum Gasteiger partial charge on any atom is -0.512 e. The molecule has 0 heterocycles. The van der Waals surface area contributed by atoms with E-state index in [0.717, 1.165) is 0 Å². The van der Waals surface area contributed by atoms with E-state index in [1.54, 1.807) is 0 Å². The Morgan fingerprint density at radius 2 is 0.214 bits per heavy atom. The van der Waals surface area contributed by atoms with Crippen molar-refractivity contribution in [1.29, 1.82) is 63.1 Å². The molecule has 16 heteroatoms. The molecule has 0 aromatic carbocycles. The molecule has 0 aliphatic carbocycles. The van der Waals surface area contributed by atoms with E-state index in [9.17, 15) is 0 Å². The molecule has 0 spiro atoms. The van der Waals surface area contributed by atoms with Crippen molar-refractivity contribution < 1.29 is 137 Å². The van der Waals surface area contributed by atoms with E-state index in [4.69, 9.17) is 142 Å². The summed E-state index contributed by atoms with van der Waals surface area (Å²) in [5.41, 5.74) is 0. The van der Waals surface area contributed by atoms with E-state index in [2.05, 4.69) is 0 Å². The van der Waals surface area contributed by atoms with Crippen LogP contribution in [-0.4, -0.2) is 0 Å². The molecule has 12 nitrogen and oxygen atoms in total. The van der Waals surface area contributed by atoms with Crippen LogP contribution in [0.3, 0.4) is 0 Å². The van der Waals surface area contributed by atoms with E-state index >= 15 is 0 Å². The van der Waals surface area contributed by atoms with Gasteiger partial charge in [0.25, 0.3) is 0 Å². The van der Waals surface area contributed by atoms with Crippen LogP contribution in [0.15, 0.2) is 0 Å². The molecule has 28 heavy (non-hydrogen) atoms. The molecular weight excluding hydrogens is 502 g/mol. The summed E-state index contributed by atoms with van der Waals surface area (Å²) in [5, 5.41) is 75.0. The Labute approximate surface area is 274 Å². The quantitative estimate of drug-likeness (QED) is 0.223. The molecule has 0 bridgehead atoms. The topological polar surface area (TPSA) is 285 Å². The fraction of sp³-hybridized carbons (Fsp3) is 0. The Kier molecular flexibility index (Phi) is 25800. The average Bonchev–Trinajstić information content (AvgIpc) is 2.84. The van der Waals surface area contributed by atoms with Gasteiger partial charge in [-0.3, -0.25) is 0 Å². The van der Waals surface area contributed by atoms with Gasteiger partial charge >= 0.3 is 137 Å². The molecule has 131 valence electrons. The maximum atomic E-state index is 6.25. The van der Waals surface area contributed by atoms with E-state index in [1.807, 2.05) is 0 Å². The Morgan fingerprint density at radius 3 is 0.214 bits per heavy atom. The first kappa shape index (κ1) is 160. The molecule has 0 rings (SSSR count). The van der Waals surface area contributed by atoms with Crippen molar-refractivity contribution in [3.8, 4) is 0 Å². The number of nitrogens with zero attached hydrogens (tertiary/aromatic N) is 12. The average molecular weight is 502 g/mol. The van der Waals surface area contributed by atoms with Gasteiger partial charge < -0.3 is 142 Å². The molecule has 0 aliphatic heterocycles. The first-order valence-electron chi connectivity index (χ1n) is 2.68. The Hall–Kier alpha value is -1.81. The SMILES string of the molecule is [C-]#N.[C-]#N.[C-]#N.[C-]#N.[C-]#N.[C-]#N.[C-]#N.[C-]#N.[C-]#N.[C-]#N.[C-]#N.[C-]#N.[Fe+2].[Fe+3].[K+].[K+].